The third kappa shape index (κ3) is 3.08. The molecule has 0 aliphatic heterocycles. The Hall–Kier alpha value is -0.820. The summed E-state index contributed by atoms with van der Waals surface area (Å²) in [4.78, 5) is 0. The van der Waals surface area contributed by atoms with E-state index in [1.807, 2.05) is 0 Å². The lowest BCUT2D eigenvalue weighted by atomic mass is 10.1. The quantitative estimate of drug-likeness (QED) is 0.615. The molecule has 1 unspecified atom stereocenters. The van der Waals surface area contributed by atoms with Crippen LogP contribution in [0.2, 0.25) is 0 Å². The first-order valence-electron chi connectivity index (χ1n) is 3.88. The number of benzene rings is 1. The van der Waals surface area contributed by atoms with Crippen LogP contribution in [0.1, 0.15) is 10.8 Å². The molecule has 0 radical (unpaired) electrons. The molecular formula is C8H5ClF4O2S. The molecule has 90 valence electrons. The summed E-state index contributed by atoms with van der Waals surface area (Å²) in [5, 5.41) is -2.85. The normalized spacial score (nSPS) is 14.8. The van der Waals surface area contributed by atoms with Gasteiger partial charge >= 0.3 is 6.18 Å². The molecule has 2 nitrogen and oxygen atoms in total. The van der Waals surface area contributed by atoms with E-state index >= 15 is 0 Å². The minimum Gasteiger partial charge on any atom is -0.211 e. The average molecular weight is 277 g/mol. The molecule has 0 fully saturated rings. The fourth-order valence-electron chi connectivity index (χ4n) is 1.15. The van der Waals surface area contributed by atoms with Gasteiger partial charge in [0, 0.05) is 10.7 Å². The van der Waals surface area contributed by atoms with Gasteiger partial charge in [0.15, 0.2) is 5.25 Å². The minimum atomic E-state index is -5.04. The third-order valence-electron chi connectivity index (χ3n) is 1.75. The highest BCUT2D eigenvalue weighted by Gasteiger charge is 2.49. The Bertz CT molecular complexity index is 466. The lowest BCUT2D eigenvalue weighted by Crippen LogP contribution is -2.25. The number of alkyl halides is 3. The molecule has 0 spiro atoms. The fourth-order valence-corrected chi connectivity index (χ4v) is 2.56. The first-order valence-corrected chi connectivity index (χ1v) is 6.25. The maximum atomic E-state index is 12.5. The van der Waals surface area contributed by atoms with Gasteiger partial charge in [0.25, 0.3) is 0 Å². The maximum absolute atomic E-state index is 12.5. The smallest absolute Gasteiger partial charge is 0.211 e. The molecule has 0 saturated carbocycles. The van der Waals surface area contributed by atoms with E-state index in [0.29, 0.717) is 0 Å². The van der Waals surface area contributed by atoms with Crippen molar-refractivity contribution < 1.29 is 26.0 Å². The summed E-state index contributed by atoms with van der Waals surface area (Å²) in [6.45, 7) is 0. The molecule has 0 bridgehead atoms. The van der Waals surface area contributed by atoms with Crippen molar-refractivity contribution in [3.63, 3.8) is 0 Å². The van der Waals surface area contributed by atoms with Crippen LogP contribution in [-0.2, 0) is 9.05 Å². The van der Waals surface area contributed by atoms with Crippen LogP contribution < -0.4 is 0 Å². The van der Waals surface area contributed by atoms with Gasteiger partial charge in [-0.2, -0.15) is 13.2 Å². The molecule has 1 atom stereocenters. The first kappa shape index (κ1) is 13.2. The summed E-state index contributed by atoms with van der Waals surface area (Å²) in [7, 11) is -0.147. The Morgan fingerprint density at radius 1 is 1.12 bits per heavy atom. The van der Waals surface area contributed by atoms with Crippen molar-refractivity contribution in [1.29, 1.82) is 0 Å². The van der Waals surface area contributed by atoms with Crippen LogP contribution >= 0.6 is 10.7 Å². The Balaban J connectivity index is 3.29. The zero-order chi connectivity index (χ0) is 12.6. The van der Waals surface area contributed by atoms with Crippen LogP contribution in [0.15, 0.2) is 24.3 Å². The Kier molecular flexibility index (Phi) is 3.49. The first-order chi connectivity index (χ1) is 7.12. The summed E-state index contributed by atoms with van der Waals surface area (Å²) >= 11 is 0. The lowest BCUT2D eigenvalue weighted by Gasteiger charge is -2.17. The Morgan fingerprint density at radius 3 is 1.88 bits per heavy atom. The number of hydrogen-bond donors (Lipinski definition) is 0. The number of hydrogen-bond acceptors (Lipinski definition) is 2. The predicted octanol–water partition coefficient (Wildman–Crippen LogP) is 3.00. The van der Waals surface area contributed by atoms with Crippen molar-refractivity contribution in [3.05, 3.63) is 35.6 Å². The van der Waals surface area contributed by atoms with Crippen LogP contribution in [0.25, 0.3) is 0 Å². The third-order valence-corrected chi connectivity index (χ3v) is 3.39. The van der Waals surface area contributed by atoms with Gasteiger partial charge in [0.05, 0.1) is 0 Å². The molecule has 0 amide bonds. The Labute approximate surface area is 93.3 Å². The van der Waals surface area contributed by atoms with Gasteiger partial charge < -0.3 is 0 Å². The summed E-state index contributed by atoms with van der Waals surface area (Å²) in [5.74, 6) is -0.767. The summed E-state index contributed by atoms with van der Waals surface area (Å²) in [6, 6.07) is 2.92. The van der Waals surface area contributed by atoms with Crippen molar-refractivity contribution in [2.45, 2.75) is 11.4 Å². The van der Waals surface area contributed by atoms with Crippen LogP contribution in [0.4, 0.5) is 17.6 Å². The second kappa shape index (κ2) is 4.21. The number of rotatable bonds is 2. The maximum Gasteiger partial charge on any atom is 0.410 e. The van der Waals surface area contributed by atoms with E-state index in [1.54, 1.807) is 0 Å². The highest BCUT2D eigenvalue weighted by molar-refractivity contribution is 8.14. The minimum absolute atomic E-state index is 0.621. The molecule has 0 aliphatic rings. The Morgan fingerprint density at radius 2 is 1.56 bits per heavy atom. The van der Waals surface area contributed by atoms with E-state index in [0.717, 1.165) is 24.3 Å². The molecule has 0 aromatic heterocycles. The average Bonchev–Trinajstić information content (AvgIpc) is 2.03. The SMILES string of the molecule is O=S(=O)(Cl)C(c1ccc(F)cc1)C(F)(F)F. The summed E-state index contributed by atoms with van der Waals surface area (Å²) in [6.07, 6.45) is -5.04. The van der Waals surface area contributed by atoms with Gasteiger partial charge in [-0.05, 0) is 17.7 Å². The van der Waals surface area contributed by atoms with Gasteiger partial charge in [0.2, 0.25) is 9.05 Å². The molecule has 1 aromatic carbocycles. The van der Waals surface area contributed by atoms with Crippen molar-refractivity contribution in [2.24, 2.45) is 0 Å². The van der Waals surface area contributed by atoms with Crippen LogP contribution in [-0.4, -0.2) is 14.6 Å². The van der Waals surface area contributed by atoms with E-state index in [4.69, 9.17) is 10.7 Å². The monoisotopic (exact) mass is 276 g/mol. The lowest BCUT2D eigenvalue weighted by molar-refractivity contribution is -0.131. The fraction of sp³-hybridized carbons (Fsp3) is 0.250. The van der Waals surface area contributed by atoms with E-state index in [9.17, 15) is 26.0 Å². The second-order valence-electron chi connectivity index (χ2n) is 2.95. The van der Waals surface area contributed by atoms with Gasteiger partial charge in [-0.15, -0.1) is 0 Å². The molecule has 0 heterocycles. The molecule has 8 heteroatoms. The molecule has 16 heavy (non-hydrogen) atoms. The number of halogens is 5. The van der Waals surface area contributed by atoms with Crippen molar-refractivity contribution in [1.82, 2.24) is 0 Å². The zero-order valence-electron chi connectivity index (χ0n) is 7.50. The van der Waals surface area contributed by atoms with Crippen LogP contribution in [0.3, 0.4) is 0 Å². The van der Waals surface area contributed by atoms with E-state index < -0.39 is 31.9 Å². The molecular weight excluding hydrogens is 272 g/mol. The highest BCUT2D eigenvalue weighted by atomic mass is 35.7. The van der Waals surface area contributed by atoms with Crippen molar-refractivity contribution >= 4 is 19.7 Å². The molecule has 0 aliphatic carbocycles. The summed E-state index contributed by atoms with van der Waals surface area (Å²) < 4.78 is 71.4. The van der Waals surface area contributed by atoms with Gasteiger partial charge in [-0.1, -0.05) is 12.1 Å². The van der Waals surface area contributed by atoms with E-state index in [2.05, 4.69) is 0 Å². The molecule has 1 rings (SSSR count). The second-order valence-corrected chi connectivity index (χ2v) is 5.66. The van der Waals surface area contributed by atoms with Gasteiger partial charge in [-0.3, -0.25) is 0 Å². The molecule has 1 aromatic rings. The topological polar surface area (TPSA) is 34.1 Å². The van der Waals surface area contributed by atoms with Gasteiger partial charge in [-0.25, -0.2) is 12.8 Å². The van der Waals surface area contributed by atoms with Gasteiger partial charge in [0.1, 0.15) is 5.82 Å². The highest BCUT2D eigenvalue weighted by Crippen LogP contribution is 2.40. The zero-order valence-corrected chi connectivity index (χ0v) is 9.07. The predicted molar refractivity (Wildman–Crippen MR) is 50.0 cm³/mol. The van der Waals surface area contributed by atoms with Crippen molar-refractivity contribution in [3.8, 4) is 0 Å². The van der Waals surface area contributed by atoms with Crippen molar-refractivity contribution in [2.75, 3.05) is 0 Å². The molecule has 0 N–H and O–H groups in total. The van der Waals surface area contributed by atoms with Crippen LogP contribution in [0, 0.1) is 5.82 Å². The molecule has 0 saturated heterocycles. The van der Waals surface area contributed by atoms with E-state index in [-0.39, 0.29) is 0 Å². The largest absolute Gasteiger partial charge is 0.410 e. The van der Waals surface area contributed by atoms with E-state index in [1.165, 1.54) is 0 Å². The summed E-state index contributed by atoms with van der Waals surface area (Å²) in [5.41, 5.74) is -0.621. The van der Waals surface area contributed by atoms with Crippen LogP contribution in [0.5, 0.6) is 0 Å². The standard InChI is InChI=1S/C8H5ClF4O2S/c9-16(14,15)7(8(11,12)13)5-1-3-6(10)4-2-5/h1-4,7H.